The molecule has 0 amide bonds. The molecule has 1 saturated carbocycles. The molecule has 104 valence electrons. The second-order valence-corrected chi connectivity index (χ2v) is 5.94. The Hall–Kier alpha value is -1.60. The Morgan fingerprint density at radius 2 is 1.40 bits per heavy atom. The summed E-state index contributed by atoms with van der Waals surface area (Å²) in [5.41, 5.74) is 2.80. The highest BCUT2D eigenvalue weighted by Crippen LogP contribution is 2.31. The molecule has 1 heteroatoms. The second-order valence-electron chi connectivity index (χ2n) is 5.94. The molecule has 1 aliphatic carbocycles. The molecule has 3 rings (SSSR count). The van der Waals surface area contributed by atoms with Crippen LogP contribution in [0.2, 0.25) is 0 Å². The van der Waals surface area contributed by atoms with Gasteiger partial charge < -0.3 is 5.32 Å². The molecule has 0 heterocycles. The van der Waals surface area contributed by atoms with Gasteiger partial charge in [0.15, 0.2) is 0 Å². The molecule has 0 saturated heterocycles. The second kappa shape index (κ2) is 6.23. The van der Waals surface area contributed by atoms with Gasteiger partial charge in [0.05, 0.1) is 0 Å². The zero-order chi connectivity index (χ0) is 13.8. The maximum atomic E-state index is 3.74. The maximum Gasteiger partial charge on any atom is 0.0240 e. The van der Waals surface area contributed by atoms with Crippen LogP contribution < -0.4 is 5.32 Å². The normalized spacial score (nSPS) is 16.3. The number of rotatable bonds is 6. The quantitative estimate of drug-likeness (QED) is 0.825. The third-order valence-corrected chi connectivity index (χ3v) is 4.24. The van der Waals surface area contributed by atoms with E-state index in [9.17, 15) is 0 Å². The lowest BCUT2D eigenvalue weighted by atomic mass is 9.86. The Labute approximate surface area is 122 Å². The van der Waals surface area contributed by atoms with Gasteiger partial charge in [0.2, 0.25) is 0 Å². The highest BCUT2D eigenvalue weighted by Gasteiger charge is 2.25. The highest BCUT2D eigenvalue weighted by atomic mass is 14.9. The molecule has 2 aromatic rings. The van der Waals surface area contributed by atoms with Gasteiger partial charge in [-0.15, -0.1) is 0 Å². The molecule has 1 unspecified atom stereocenters. The average Bonchev–Trinajstić information content (AvgIpc) is 3.32. The Balaban J connectivity index is 1.82. The first kappa shape index (κ1) is 13.4. The maximum absolute atomic E-state index is 3.74. The van der Waals surface area contributed by atoms with Crippen LogP contribution in [0.3, 0.4) is 0 Å². The third kappa shape index (κ3) is 3.29. The van der Waals surface area contributed by atoms with Crippen LogP contribution in [0.5, 0.6) is 0 Å². The fraction of sp³-hybridized carbons (Fsp3) is 0.368. The van der Waals surface area contributed by atoms with Gasteiger partial charge in [-0.25, -0.2) is 0 Å². The van der Waals surface area contributed by atoms with Crippen molar-refractivity contribution in [3.8, 4) is 0 Å². The molecular formula is C19H23N. The van der Waals surface area contributed by atoms with Crippen LogP contribution >= 0.6 is 0 Å². The molecule has 1 aliphatic rings. The first-order valence-electron chi connectivity index (χ1n) is 7.68. The molecule has 1 fully saturated rings. The van der Waals surface area contributed by atoms with Crippen molar-refractivity contribution < 1.29 is 0 Å². The summed E-state index contributed by atoms with van der Waals surface area (Å²) in [5.74, 6) is 1.35. The smallest absolute Gasteiger partial charge is 0.0240 e. The Bertz CT molecular complexity index is 476. The van der Waals surface area contributed by atoms with Gasteiger partial charge in [-0.3, -0.25) is 0 Å². The van der Waals surface area contributed by atoms with Crippen molar-refractivity contribution in [3.05, 3.63) is 71.8 Å². The first-order valence-corrected chi connectivity index (χ1v) is 7.68. The van der Waals surface area contributed by atoms with Crippen LogP contribution in [-0.4, -0.2) is 12.6 Å². The van der Waals surface area contributed by atoms with E-state index in [0.29, 0.717) is 12.0 Å². The van der Waals surface area contributed by atoms with Crippen LogP contribution in [0, 0.1) is 5.92 Å². The summed E-state index contributed by atoms with van der Waals surface area (Å²) < 4.78 is 0. The summed E-state index contributed by atoms with van der Waals surface area (Å²) in [5, 5.41) is 3.74. The molecule has 1 atom stereocenters. The standard InChI is InChI=1S/C19H23N/c1-15(20-14-16-12-13-16)19(17-8-4-2-5-9-17)18-10-6-3-7-11-18/h2-11,15-16,19-20H,12-14H2,1H3. The van der Waals surface area contributed by atoms with E-state index in [4.69, 9.17) is 0 Å². The molecule has 1 N–H and O–H groups in total. The minimum atomic E-state index is 0.427. The molecule has 0 aromatic heterocycles. The van der Waals surface area contributed by atoms with Crippen molar-refractivity contribution in [1.29, 1.82) is 0 Å². The number of benzene rings is 2. The number of hydrogen-bond acceptors (Lipinski definition) is 1. The largest absolute Gasteiger partial charge is 0.313 e. The predicted octanol–water partition coefficient (Wildman–Crippen LogP) is 4.21. The minimum Gasteiger partial charge on any atom is -0.313 e. The van der Waals surface area contributed by atoms with E-state index in [0.717, 1.165) is 12.5 Å². The van der Waals surface area contributed by atoms with E-state index in [-0.39, 0.29) is 0 Å². The van der Waals surface area contributed by atoms with Crippen molar-refractivity contribution in [2.75, 3.05) is 6.54 Å². The van der Waals surface area contributed by atoms with Gasteiger partial charge in [0.1, 0.15) is 0 Å². The van der Waals surface area contributed by atoms with E-state index in [1.807, 2.05) is 0 Å². The van der Waals surface area contributed by atoms with Gasteiger partial charge in [-0.1, -0.05) is 60.7 Å². The SMILES string of the molecule is CC(NCC1CC1)C(c1ccccc1)c1ccccc1. The topological polar surface area (TPSA) is 12.0 Å². The van der Waals surface area contributed by atoms with Gasteiger partial charge in [0.25, 0.3) is 0 Å². The van der Waals surface area contributed by atoms with E-state index in [1.54, 1.807) is 0 Å². The summed E-state index contributed by atoms with van der Waals surface area (Å²) in [6.45, 7) is 3.48. The van der Waals surface area contributed by atoms with Crippen LogP contribution in [0.25, 0.3) is 0 Å². The van der Waals surface area contributed by atoms with Crippen LogP contribution in [0.1, 0.15) is 36.8 Å². The van der Waals surface area contributed by atoms with Crippen molar-refractivity contribution in [2.24, 2.45) is 5.92 Å². The van der Waals surface area contributed by atoms with E-state index >= 15 is 0 Å². The summed E-state index contributed by atoms with van der Waals surface area (Å²) >= 11 is 0. The zero-order valence-corrected chi connectivity index (χ0v) is 12.1. The molecule has 0 aliphatic heterocycles. The van der Waals surface area contributed by atoms with Gasteiger partial charge in [-0.2, -0.15) is 0 Å². The summed E-state index contributed by atoms with van der Waals surface area (Å²) in [7, 11) is 0. The van der Waals surface area contributed by atoms with E-state index in [1.165, 1.54) is 24.0 Å². The molecule has 0 radical (unpaired) electrons. The predicted molar refractivity (Wildman–Crippen MR) is 84.9 cm³/mol. The lowest BCUT2D eigenvalue weighted by Crippen LogP contribution is -2.34. The van der Waals surface area contributed by atoms with Crippen molar-refractivity contribution >= 4 is 0 Å². The molecule has 1 nitrogen and oxygen atoms in total. The molecule has 2 aromatic carbocycles. The summed E-state index contributed by atoms with van der Waals surface area (Å²) in [6, 6.07) is 22.2. The number of nitrogens with one attached hydrogen (secondary N) is 1. The molecule has 0 spiro atoms. The molecular weight excluding hydrogens is 242 g/mol. The number of hydrogen-bond donors (Lipinski definition) is 1. The first-order chi connectivity index (χ1) is 9.84. The van der Waals surface area contributed by atoms with Gasteiger partial charge >= 0.3 is 0 Å². The van der Waals surface area contributed by atoms with Gasteiger partial charge in [0, 0.05) is 12.0 Å². The summed E-state index contributed by atoms with van der Waals surface area (Å²) in [6.07, 6.45) is 2.81. The highest BCUT2D eigenvalue weighted by molar-refractivity contribution is 5.34. The zero-order valence-electron chi connectivity index (χ0n) is 12.1. The Morgan fingerprint density at radius 1 is 0.900 bits per heavy atom. The Kier molecular flexibility index (Phi) is 4.17. The van der Waals surface area contributed by atoms with Crippen LogP contribution in [-0.2, 0) is 0 Å². The monoisotopic (exact) mass is 265 g/mol. The lowest BCUT2D eigenvalue weighted by molar-refractivity contribution is 0.486. The van der Waals surface area contributed by atoms with E-state index in [2.05, 4.69) is 72.9 Å². The van der Waals surface area contributed by atoms with Crippen molar-refractivity contribution in [1.82, 2.24) is 5.32 Å². The van der Waals surface area contributed by atoms with Crippen LogP contribution in [0.15, 0.2) is 60.7 Å². The lowest BCUT2D eigenvalue weighted by Gasteiger charge is -2.26. The summed E-state index contributed by atoms with van der Waals surface area (Å²) in [4.78, 5) is 0. The van der Waals surface area contributed by atoms with Crippen molar-refractivity contribution in [3.63, 3.8) is 0 Å². The van der Waals surface area contributed by atoms with E-state index < -0.39 is 0 Å². The fourth-order valence-corrected chi connectivity index (χ4v) is 2.88. The minimum absolute atomic E-state index is 0.427. The average molecular weight is 265 g/mol. The van der Waals surface area contributed by atoms with Crippen molar-refractivity contribution in [2.45, 2.75) is 31.7 Å². The van der Waals surface area contributed by atoms with Crippen LogP contribution in [0.4, 0.5) is 0 Å². The Morgan fingerprint density at radius 3 is 1.85 bits per heavy atom. The molecule has 20 heavy (non-hydrogen) atoms. The molecule has 0 bridgehead atoms. The van der Waals surface area contributed by atoms with Gasteiger partial charge in [-0.05, 0) is 43.4 Å². The third-order valence-electron chi connectivity index (χ3n) is 4.24. The fourth-order valence-electron chi connectivity index (χ4n) is 2.88.